The van der Waals surface area contributed by atoms with Gasteiger partial charge in [0.1, 0.15) is 0 Å². The van der Waals surface area contributed by atoms with E-state index in [0.717, 1.165) is 24.4 Å². The molecular formula is C10H15Cl2NOS. The molecule has 2 nitrogen and oxygen atoms in total. The molecule has 1 aromatic heterocycles. The van der Waals surface area contributed by atoms with Crippen molar-refractivity contribution in [1.29, 1.82) is 0 Å². The zero-order valence-electron chi connectivity index (χ0n) is 8.59. The molecule has 0 spiro atoms. The van der Waals surface area contributed by atoms with E-state index in [1.165, 1.54) is 11.3 Å². The van der Waals surface area contributed by atoms with E-state index in [1.54, 1.807) is 12.1 Å². The lowest BCUT2D eigenvalue weighted by molar-refractivity contribution is 0.0986. The predicted octanol–water partition coefficient (Wildman–Crippen LogP) is 3.40. The molecule has 1 aromatic rings. The van der Waals surface area contributed by atoms with Gasteiger partial charge in [0.25, 0.3) is 0 Å². The standard InChI is InChI=1S/C10H14ClNOS.ClH/c1-2-6-12-7-5-8(13)9-3-4-10(11)14-9;/h3-4,12H,2,5-7H2,1H3;1H. The summed E-state index contributed by atoms with van der Waals surface area (Å²) in [6.07, 6.45) is 1.65. The Morgan fingerprint density at radius 3 is 2.73 bits per heavy atom. The van der Waals surface area contributed by atoms with Crippen LogP contribution in [0.3, 0.4) is 0 Å². The zero-order chi connectivity index (χ0) is 10.4. The molecule has 1 N–H and O–H groups in total. The van der Waals surface area contributed by atoms with Gasteiger partial charge in [0.2, 0.25) is 0 Å². The Hall–Kier alpha value is -0.0900. The average Bonchev–Trinajstić information content (AvgIpc) is 2.59. The molecule has 1 heterocycles. The van der Waals surface area contributed by atoms with Gasteiger partial charge in [-0.05, 0) is 25.1 Å². The van der Waals surface area contributed by atoms with Gasteiger partial charge in [-0.25, -0.2) is 0 Å². The number of rotatable bonds is 6. The number of halogens is 2. The number of nitrogens with one attached hydrogen (secondary N) is 1. The van der Waals surface area contributed by atoms with Crippen LogP contribution in [0.25, 0.3) is 0 Å². The van der Waals surface area contributed by atoms with Crippen molar-refractivity contribution >= 4 is 41.1 Å². The highest BCUT2D eigenvalue weighted by atomic mass is 35.5. The normalized spacial score (nSPS) is 9.73. The van der Waals surface area contributed by atoms with Crippen LogP contribution in [0.2, 0.25) is 4.34 Å². The number of carbonyl (C=O) groups excluding carboxylic acids is 1. The lowest BCUT2D eigenvalue weighted by atomic mass is 10.2. The molecule has 0 bridgehead atoms. The minimum absolute atomic E-state index is 0. The van der Waals surface area contributed by atoms with Crippen molar-refractivity contribution in [3.05, 3.63) is 21.3 Å². The first-order chi connectivity index (χ1) is 6.74. The number of carbonyl (C=O) groups is 1. The molecule has 0 unspecified atom stereocenters. The first kappa shape index (κ1) is 14.9. The van der Waals surface area contributed by atoms with E-state index in [1.807, 2.05) is 0 Å². The van der Waals surface area contributed by atoms with Crippen LogP contribution in [0.4, 0.5) is 0 Å². The van der Waals surface area contributed by atoms with E-state index in [-0.39, 0.29) is 18.2 Å². The summed E-state index contributed by atoms with van der Waals surface area (Å²) >= 11 is 7.09. The van der Waals surface area contributed by atoms with Gasteiger partial charge in [-0.15, -0.1) is 23.7 Å². The summed E-state index contributed by atoms with van der Waals surface area (Å²) in [6.45, 7) is 3.83. The van der Waals surface area contributed by atoms with Gasteiger partial charge in [0.05, 0.1) is 9.21 Å². The second kappa shape index (κ2) is 8.11. The third-order valence-electron chi connectivity index (χ3n) is 1.80. The van der Waals surface area contributed by atoms with E-state index in [0.29, 0.717) is 10.8 Å². The Kier molecular flexibility index (Phi) is 8.06. The van der Waals surface area contributed by atoms with Crippen LogP contribution in [0, 0.1) is 0 Å². The van der Waals surface area contributed by atoms with Crippen molar-refractivity contribution in [2.45, 2.75) is 19.8 Å². The summed E-state index contributed by atoms with van der Waals surface area (Å²) in [7, 11) is 0. The third kappa shape index (κ3) is 5.52. The highest BCUT2D eigenvalue weighted by molar-refractivity contribution is 7.18. The molecule has 0 aliphatic carbocycles. The molecule has 0 saturated heterocycles. The summed E-state index contributed by atoms with van der Waals surface area (Å²) in [5.41, 5.74) is 0. The first-order valence-corrected chi connectivity index (χ1v) is 5.92. The van der Waals surface area contributed by atoms with Crippen LogP contribution in [-0.4, -0.2) is 18.9 Å². The van der Waals surface area contributed by atoms with Crippen molar-refractivity contribution < 1.29 is 4.79 Å². The van der Waals surface area contributed by atoms with Gasteiger partial charge in [0, 0.05) is 13.0 Å². The lowest BCUT2D eigenvalue weighted by Crippen LogP contribution is -2.18. The molecule has 0 saturated carbocycles. The molecule has 0 fully saturated rings. The maximum absolute atomic E-state index is 11.5. The van der Waals surface area contributed by atoms with Gasteiger partial charge in [-0.3, -0.25) is 4.79 Å². The van der Waals surface area contributed by atoms with Crippen molar-refractivity contribution in [3.8, 4) is 0 Å². The quantitative estimate of drug-likeness (QED) is 0.633. The predicted molar refractivity (Wildman–Crippen MR) is 68.7 cm³/mol. The van der Waals surface area contributed by atoms with Gasteiger partial charge in [-0.1, -0.05) is 18.5 Å². The highest BCUT2D eigenvalue weighted by Gasteiger charge is 2.07. The second-order valence-corrected chi connectivity index (χ2v) is 4.74. The van der Waals surface area contributed by atoms with Crippen LogP contribution in [0.15, 0.2) is 12.1 Å². The largest absolute Gasteiger partial charge is 0.316 e. The molecule has 0 aromatic carbocycles. The van der Waals surface area contributed by atoms with E-state index in [2.05, 4.69) is 12.2 Å². The van der Waals surface area contributed by atoms with Crippen LogP contribution in [-0.2, 0) is 0 Å². The van der Waals surface area contributed by atoms with Gasteiger partial charge in [-0.2, -0.15) is 0 Å². The Morgan fingerprint density at radius 2 is 2.20 bits per heavy atom. The van der Waals surface area contributed by atoms with Crippen molar-refractivity contribution in [1.82, 2.24) is 5.32 Å². The smallest absolute Gasteiger partial charge is 0.174 e. The average molecular weight is 268 g/mol. The van der Waals surface area contributed by atoms with Crippen molar-refractivity contribution in [2.24, 2.45) is 0 Å². The maximum Gasteiger partial charge on any atom is 0.174 e. The van der Waals surface area contributed by atoms with E-state index < -0.39 is 0 Å². The van der Waals surface area contributed by atoms with Crippen molar-refractivity contribution in [2.75, 3.05) is 13.1 Å². The van der Waals surface area contributed by atoms with Crippen LogP contribution < -0.4 is 5.32 Å². The SMILES string of the molecule is CCCNCCC(=O)c1ccc(Cl)s1.Cl. The molecule has 1 rings (SSSR count). The Balaban J connectivity index is 0.00000196. The fourth-order valence-electron chi connectivity index (χ4n) is 1.09. The zero-order valence-corrected chi connectivity index (χ0v) is 11.0. The molecule has 15 heavy (non-hydrogen) atoms. The second-order valence-electron chi connectivity index (χ2n) is 3.03. The maximum atomic E-state index is 11.5. The van der Waals surface area contributed by atoms with Crippen LogP contribution in [0.5, 0.6) is 0 Å². The fourth-order valence-corrected chi connectivity index (χ4v) is 2.10. The van der Waals surface area contributed by atoms with Gasteiger partial charge in [0.15, 0.2) is 5.78 Å². The summed E-state index contributed by atoms with van der Waals surface area (Å²) in [5, 5.41) is 3.19. The molecule has 0 aliphatic heterocycles. The number of Topliss-reactive ketones (excluding diaryl/α,β-unsaturated/α-hetero) is 1. The summed E-state index contributed by atoms with van der Waals surface area (Å²) in [6, 6.07) is 3.55. The molecule has 5 heteroatoms. The summed E-state index contributed by atoms with van der Waals surface area (Å²) in [4.78, 5) is 12.3. The number of hydrogen-bond donors (Lipinski definition) is 1. The number of thiophene rings is 1. The highest BCUT2D eigenvalue weighted by Crippen LogP contribution is 2.22. The Morgan fingerprint density at radius 1 is 1.47 bits per heavy atom. The third-order valence-corrected chi connectivity index (χ3v) is 3.08. The van der Waals surface area contributed by atoms with E-state index in [9.17, 15) is 4.79 Å². The Labute approximate surface area is 105 Å². The minimum Gasteiger partial charge on any atom is -0.316 e. The molecule has 0 amide bonds. The number of ketones is 1. The molecule has 0 aliphatic rings. The molecule has 0 radical (unpaired) electrons. The molecular weight excluding hydrogens is 253 g/mol. The lowest BCUT2D eigenvalue weighted by Gasteiger charge is -2.00. The van der Waals surface area contributed by atoms with Crippen molar-refractivity contribution in [3.63, 3.8) is 0 Å². The van der Waals surface area contributed by atoms with Crippen LogP contribution in [0.1, 0.15) is 29.4 Å². The summed E-state index contributed by atoms with van der Waals surface area (Å²) < 4.78 is 0.676. The minimum atomic E-state index is 0. The fraction of sp³-hybridized carbons (Fsp3) is 0.500. The topological polar surface area (TPSA) is 29.1 Å². The first-order valence-electron chi connectivity index (χ1n) is 4.73. The van der Waals surface area contributed by atoms with Crippen LogP contribution >= 0.6 is 35.3 Å². The van der Waals surface area contributed by atoms with Gasteiger partial charge >= 0.3 is 0 Å². The number of hydrogen-bond acceptors (Lipinski definition) is 3. The van der Waals surface area contributed by atoms with E-state index >= 15 is 0 Å². The van der Waals surface area contributed by atoms with Gasteiger partial charge < -0.3 is 5.32 Å². The summed E-state index contributed by atoms with van der Waals surface area (Å²) in [5.74, 6) is 0.172. The molecule has 0 atom stereocenters. The van der Waals surface area contributed by atoms with E-state index in [4.69, 9.17) is 11.6 Å². The monoisotopic (exact) mass is 267 g/mol. The molecule has 86 valence electrons. The Bertz CT molecular complexity index is 301.